The molecule has 0 spiro atoms. The van der Waals surface area contributed by atoms with Gasteiger partial charge < -0.3 is 10.4 Å². The number of hydrogen-bond acceptors (Lipinski definition) is 4. The molecule has 0 aliphatic carbocycles. The Morgan fingerprint density at radius 3 is 2.40 bits per heavy atom. The van der Waals surface area contributed by atoms with Crippen LogP contribution >= 0.6 is 0 Å². The molecule has 0 bridgehead atoms. The second-order valence-corrected chi connectivity index (χ2v) is 5.80. The quantitative estimate of drug-likeness (QED) is 0.761. The molecule has 1 aromatic carbocycles. The maximum absolute atomic E-state index is 11.8. The average Bonchev–Trinajstić information content (AvgIpc) is 2.43. The molecule has 20 heavy (non-hydrogen) atoms. The zero-order valence-corrected chi connectivity index (χ0v) is 11.6. The van der Waals surface area contributed by atoms with Crippen LogP contribution in [-0.4, -0.2) is 31.4 Å². The van der Waals surface area contributed by atoms with Crippen molar-refractivity contribution in [1.82, 2.24) is 5.32 Å². The first-order valence-electron chi connectivity index (χ1n) is 5.88. The van der Waals surface area contributed by atoms with Crippen molar-refractivity contribution < 1.29 is 23.1 Å². The summed E-state index contributed by atoms with van der Waals surface area (Å²) in [6.07, 6.45) is 1.02. The lowest BCUT2D eigenvalue weighted by atomic mass is 10.2. The number of carboxylic acids is 1. The molecule has 0 aliphatic rings. The third-order valence-electron chi connectivity index (χ3n) is 2.49. The Balaban J connectivity index is 2.77. The van der Waals surface area contributed by atoms with Crippen LogP contribution in [0.2, 0.25) is 0 Å². The van der Waals surface area contributed by atoms with Crippen LogP contribution in [0.25, 0.3) is 0 Å². The van der Waals surface area contributed by atoms with Crippen molar-refractivity contribution in [2.45, 2.75) is 24.3 Å². The van der Waals surface area contributed by atoms with Gasteiger partial charge in [-0.25, -0.2) is 13.2 Å². The van der Waals surface area contributed by atoms with Crippen LogP contribution in [0.15, 0.2) is 46.7 Å². The number of rotatable bonds is 6. The third-order valence-corrected chi connectivity index (χ3v) is 3.92. The first-order valence-corrected chi connectivity index (χ1v) is 7.43. The van der Waals surface area contributed by atoms with Crippen molar-refractivity contribution in [3.8, 4) is 0 Å². The second-order valence-electron chi connectivity index (χ2n) is 3.97. The zero-order chi connectivity index (χ0) is 15.2. The van der Waals surface area contributed by atoms with Crippen molar-refractivity contribution in [2.75, 3.05) is 0 Å². The van der Waals surface area contributed by atoms with E-state index in [0.717, 1.165) is 11.5 Å². The lowest BCUT2D eigenvalue weighted by Crippen LogP contribution is -2.39. The predicted octanol–water partition coefficient (Wildman–Crippen LogP) is 0.953. The summed E-state index contributed by atoms with van der Waals surface area (Å²) in [5, 5.41) is 11.7. The summed E-state index contributed by atoms with van der Waals surface area (Å²) in [4.78, 5) is 22.3. The fourth-order valence-electron chi connectivity index (χ4n) is 1.40. The van der Waals surface area contributed by atoms with Crippen molar-refractivity contribution in [1.29, 1.82) is 0 Å². The molecule has 0 radical (unpaired) electrons. The zero-order valence-electron chi connectivity index (χ0n) is 10.8. The summed E-state index contributed by atoms with van der Waals surface area (Å²) in [6.45, 7) is 1.60. The van der Waals surface area contributed by atoms with Crippen LogP contribution in [0, 0.1) is 0 Å². The molecule has 1 aromatic rings. The number of carbonyl (C=O) groups excluding carboxylic acids is 1. The van der Waals surface area contributed by atoms with Gasteiger partial charge in [-0.2, -0.15) is 0 Å². The summed E-state index contributed by atoms with van der Waals surface area (Å²) in [7, 11) is -3.71. The Hall–Kier alpha value is -2.15. The van der Waals surface area contributed by atoms with Gasteiger partial charge in [0.2, 0.25) is 5.91 Å². The molecular weight excluding hydrogens is 282 g/mol. The first kappa shape index (κ1) is 15.9. The summed E-state index contributed by atoms with van der Waals surface area (Å²) in [5.41, 5.74) is 0. The fourth-order valence-corrected chi connectivity index (χ4v) is 2.39. The van der Waals surface area contributed by atoms with E-state index >= 15 is 0 Å². The number of sulfone groups is 1. The Morgan fingerprint density at radius 1 is 1.30 bits per heavy atom. The van der Waals surface area contributed by atoms with E-state index in [9.17, 15) is 18.0 Å². The number of amides is 1. The molecular formula is C13H15NO5S. The van der Waals surface area contributed by atoms with E-state index in [2.05, 4.69) is 5.32 Å². The number of hydrogen-bond donors (Lipinski definition) is 2. The molecule has 0 aliphatic heterocycles. The van der Waals surface area contributed by atoms with Gasteiger partial charge in [0.1, 0.15) is 6.04 Å². The molecule has 0 saturated heterocycles. The highest BCUT2D eigenvalue weighted by Gasteiger charge is 2.17. The molecule has 1 atom stereocenters. The van der Waals surface area contributed by atoms with E-state index in [1.54, 1.807) is 25.1 Å². The molecule has 6 nitrogen and oxygen atoms in total. The monoisotopic (exact) mass is 297 g/mol. The highest BCUT2D eigenvalue weighted by atomic mass is 32.2. The maximum Gasteiger partial charge on any atom is 0.326 e. The van der Waals surface area contributed by atoms with Crippen molar-refractivity contribution in [3.05, 3.63) is 41.8 Å². The van der Waals surface area contributed by atoms with E-state index < -0.39 is 27.8 Å². The van der Waals surface area contributed by atoms with Gasteiger partial charge in [-0.3, -0.25) is 4.79 Å². The number of nitrogens with one attached hydrogen (secondary N) is 1. The molecule has 1 amide bonds. The predicted molar refractivity (Wildman–Crippen MR) is 72.6 cm³/mol. The molecule has 1 rings (SSSR count). The fraction of sp³-hybridized carbons (Fsp3) is 0.231. The van der Waals surface area contributed by atoms with Crippen LogP contribution in [0.3, 0.4) is 0 Å². The van der Waals surface area contributed by atoms with Gasteiger partial charge in [-0.15, -0.1) is 0 Å². The first-order chi connectivity index (χ1) is 9.36. The molecule has 0 fully saturated rings. The van der Waals surface area contributed by atoms with E-state index in [-0.39, 0.29) is 11.3 Å². The van der Waals surface area contributed by atoms with E-state index in [1.165, 1.54) is 12.1 Å². The maximum atomic E-state index is 11.8. The minimum Gasteiger partial charge on any atom is -0.480 e. The van der Waals surface area contributed by atoms with Crippen molar-refractivity contribution >= 4 is 21.7 Å². The largest absolute Gasteiger partial charge is 0.480 e. The van der Waals surface area contributed by atoms with E-state index in [4.69, 9.17) is 5.11 Å². The SMILES string of the molecule is CCC(NC(=O)/C=C/S(=O)(=O)c1ccccc1)C(=O)O. The lowest BCUT2D eigenvalue weighted by molar-refractivity contribution is -0.141. The van der Waals surface area contributed by atoms with Crippen LogP contribution < -0.4 is 5.32 Å². The number of carbonyl (C=O) groups is 2. The topological polar surface area (TPSA) is 101 Å². The second kappa shape index (κ2) is 6.85. The highest BCUT2D eigenvalue weighted by Crippen LogP contribution is 2.10. The van der Waals surface area contributed by atoms with Gasteiger partial charge in [0.25, 0.3) is 0 Å². The molecule has 1 unspecified atom stereocenters. The van der Waals surface area contributed by atoms with E-state index in [1.807, 2.05) is 0 Å². The number of benzene rings is 1. The van der Waals surface area contributed by atoms with Gasteiger partial charge in [-0.1, -0.05) is 25.1 Å². The summed E-state index contributed by atoms with van der Waals surface area (Å²) in [6, 6.07) is 6.59. The molecule has 0 aromatic heterocycles. The van der Waals surface area contributed by atoms with Crippen molar-refractivity contribution in [3.63, 3.8) is 0 Å². The van der Waals surface area contributed by atoms with Gasteiger partial charge in [-0.05, 0) is 18.6 Å². The summed E-state index contributed by atoms with van der Waals surface area (Å²) in [5.74, 6) is -1.93. The number of carboxylic acid groups (broad SMARTS) is 1. The molecule has 7 heteroatoms. The summed E-state index contributed by atoms with van der Waals surface area (Å²) < 4.78 is 23.7. The van der Waals surface area contributed by atoms with Crippen LogP contribution in [0.1, 0.15) is 13.3 Å². The Labute approximate surface area is 117 Å². The Bertz CT molecular complexity index is 607. The standard InChI is InChI=1S/C13H15NO5S/c1-2-11(13(16)17)14-12(15)8-9-20(18,19)10-6-4-3-5-7-10/h3-9,11H,2H2,1H3,(H,14,15)(H,16,17)/b9-8+. The highest BCUT2D eigenvalue weighted by molar-refractivity contribution is 7.94. The molecule has 0 heterocycles. The molecule has 108 valence electrons. The Morgan fingerprint density at radius 2 is 1.90 bits per heavy atom. The lowest BCUT2D eigenvalue weighted by Gasteiger charge is -2.09. The van der Waals surface area contributed by atoms with Crippen LogP contribution in [-0.2, 0) is 19.4 Å². The minimum atomic E-state index is -3.71. The van der Waals surface area contributed by atoms with E-state index in [0.29, 0.717) is 0 Å². The minimum absolute atomic E-state index is 0.0642. The van der Waals surface area contributed by atoms with Gasteiger partial charge >= 0.3 is 5.97 Å². The number of aliphatic carboxylic acids is 1. The third kappa shape index (κ3) is 4.51. The van der Waals surface area contributed by atoms with Gasteiger partial charge in [0, 0.05) is 11.5 Å². The van der Waals surface area contributed by atoms with Gasteiger partial charge in [0.15, 0.2) is 9.84 Å². The normalized spacial score (nSPS) is 13.1. The van der Waals surface area contributed by atoms with Gasteiger partial charge in [0.05, 0.1) is 4.90 Å². The van der Waals surface area contributed by atoms with Crippen LogP contribution in [0.5, 0.6) is 0 Å². The van der Waals surface area contributed by atoms with Crippen molar-refractivity contribution in [2.24, 2.45) is 0 Å². The Kier molecular flexibility index (Phi) is 5.45. The molecule has 2 N–H and O–H groups in total. The summed E-state index contributed by atoms with van der Waals surface area (Å²) >= 11 is 0. The smallest absolute Gasteiger partial charge is 0.326 e. The average molecular weight is 297 g/mol. The molecule has 0 saturated carbocycles. The van der Waals surface area contributed by atoms with Crippen LogP contribution in [0.4, 0.5) is 0 Å².